The van der Waals surface area contributed by atoms with Gasteiger partial charge < -0.3 is 20.3 Å². The molecule has 0 bridgehead atoms. The zero-order chi connectivity index (χ0) is 22.8. The maximum absolute atomic E-state index is 5.46. The van der Waals surface area contributed by atoms with Crippen LogP contribution >= 0.6 is 24.0 Å². The number of guanidine groups is 1. The second-order valence-electron chi connectivity index (χ2n) is 8.49. The molecule has 1 aliphatic heterocycles. The van der Waals surface area contributed by atoms with Gasteiger partial charge in [0.1, 0.15) is 5.75 Å². The van der Waals surface area contributed by atoms with E-state index >= 15 is 0 Å². The van der Waals surface area contributed by atoms with E-state index in [2.05, 4.69) is 81.9 Å². The Bertz CT molecular complexity index is 869. The SMILES string of the molecule is CCN(C)Cc1cccc(CNC(=NC)NCC(c2cccc(OC)c2)N2CCCC2)c1.I. The van der Waals surface area contributed by atoms with E-state index in [1.807, 2.05) is 13.1 Å². The minimum Gasteiger partial charge on any atom is -0.497 e. The van der Waals surface area contributed by atoms with Gasteiger partial charge in [0.05, 0.1) is 13.2 Å². The molecule has 0 radical (unpaired) electrons. The lowest BCUT2D eigenvalue weighted by atomic mass is 10.1. The summed E-state index contributed by atoms with van der Waals surface area (Å²) in [5, 5.41) is 7.04. The Hall–Kier alpha value is -1.84. The number of aliphatic imine (C=N–C) groups is 1. The molecule has 182 valence electrons. The molecule has 33 heavy (non-hydrogen) atoms. The average molecular weight is 566 g/mol. The third-order valence-electron chi connectivity index (χ3n) is 6.19. The van der Waals surface area contributed by atoms with Gasteiger partial charge in [-0.1, -0.05) is 43.3 Å². The number of benzene rings is 2. The molecule has 1 fully saturated rings. The Morgan fingerprint density at radius 1 is 1.09 bits per heavy atom. The van der Waals surface area contributed by atoms with Gasteiger partial charge in [0.15, 0.2) is 5.96 Å². The summed E-state index contributed by atoms with van der Waals surface area (Å²) in [5.41, 5.74) is 3.88. The van der Waals surface area contributed by atoms with Crippen LogP contribution < -0.4 is 15.4 Å². The van der Waals surface area contributed by atoms with Gasteiger partial charge in [-0.05, 0) is 68.3 Å². The normalized spacial score (nSPS) is 15.2. The van der Waals surface area contributed by atoms with Crippen molar-refractivity contribution in [2.24, 2.45) is 4.99 Å². The average Bonchev–Trinajstić information content (AvgIpc) is 3.36. The molecule has 1 heterocycles. The predicted octanol–water partition coefficient (Wildman–Crippen LogP) is 4.27. The molecule has 0 aromatic heterocycles. The van der Waals surface area contributed by atoms with Gasteiger partial charge in [-0.15, -0.1) is 24.0 Å². The summed E-state index contributed by atoms with van der Waals surface area (Å²) in [4.78, 5) is 9.32. The van der Waals surface area contributed by atoms with Crippen LogP contribution in [0.2, 0.25) is 0 Å². The van der Waals surface area contributed by atoms with E-state index in [0.29, 0.717) is 6.04 Å². The van der Waals surface area contributed by atoms with Crippen LogP contribution in [0.3, 0.4) is 0 Å². The standard InChI is InChI=1S/C26H39N5O.HI/c1-5-30(3)20-22-11-8-10-21(16-22)18-28-26(27-2)29-19-25(31-14-6-7-15-31)23-12-9-13-24(17-23)32-4;/h8-13,16-17,25H,5-7,14-15,18-20H2,1-4H3,(H2,27,28,29);1H. The first-order chi connectivity index (χ1) is 15.6. The van der Waals surface area contributed by atoms with Gasteiger partial charge in [-0.2, -0.15) is 0 Å². The monoisotopic (exact) mass is 565 g/mol. The maximum atomic E-state index is 5.46. The van der Waals surface area contributed by atoms with Gasteiger partial charge in [0.2, 0.25) is 0 Å². The lowest BCUT2D eigenvalue weighted by Crippen LogP contribution is -2.42. The van der Waals surface area contributed by atoms with Crippen LogP contribution in [0, 0.1) is 0 Å². The maximum Gasteiger partial charge on any atom is 0.191 e. The topological polar surface area (TPSA) is 52.1 Å². The number of methoxy groups -OCH3 is 1. The molecule has 1 atom stereocenters. The highest BCUT2D eigenvalue weighted by molar-refractivity contribution is 14.0. The van der Waals surface area contributed by atoms with Crippen LogP contribution in [0.1, 0.15) is 42.5 Å². The molecule has 0 aliphatic carbocycles. The Kier molecular flexibility index (Phi) is 12.0. The Labute approximate surface area is 216 Å². The molecule has 2 aromatic rings. The van der Waals surface area contributed by atoms with Crippen molar-refractivity contribution in [3.63, 3.8) is 0 Å². The van der Waals surface area contributed by atoms with Gasteiger partial charge in [0, 0.05) is 26.7 Å². The highest BCUT2D eigenvalue weighted by atomic mass is 127. The Balaban J connectivity index is 0.00000385. The first kappa shape index (κ1) is 27.4. The molecule has 7 heteroatoms. The van der Waals surface area contributed by atoms with Crippen molar-refractivity contribution in [1.82, 2.24) is 20.4 Å². The van der Waals surface area contributed by atoms with Crippen molar-refractivity contribution in [2.75, 3.05) is 47.4 Å². The van der Waals surface area contributed by atoms with E-state index < -0.39 is 0 Å². The predicted molar refractivity (Wildman–Crippen MR) is 149 cm³/mol. The van der Waals surface area contributed by atoms with Gasteiger partial charge in [-0.3, -0.25) is 9.89 Å². The van der Waals surface area contributed by atoms with Crippen LogP contribution in [-0.2, 0) is 13.1 Å². The second-order valence-corrected chi connectivity index (χ2v) is 8.49. The van der Waals surface area contributed by atoms with E-state index in [1.165, 1.54) is 29.5 Å². The lowest BCUT2D eigenvalue weighted by molar-refractivity contribution is 0.245. The number of halogens is 1. The highest BCUT2D eigenvalue weighted by Gasteiger charge is 2.24. The number of rotatable bonds is 10. The molecule has 1 aliphatic rings. The van der Waals surface area contributed by atoms with Gasteiger partial charge >= 0.3 is 0 Å². The Morgan fingerprint density at radius 2 is 1.82 bits per heavy atom. The van der Waals surface area contributed by atoms with E-state index in [4.69, 9.17) is 4.74 Å². The highest BCUT2D eigenvalue weighted by Crippen LogP contribution is 2.27. The number of likely N-dealkylation sites (tertiary alicyclic amines) is 1. The summed E-state index contributed by atoms with van der Waals surface area (Å²) in [7, 11) is 5.71. The van der Waals surface area contributed by atoms with Crippen LogP contribution in [0.15, 0.2) is 53.5 Å². The zero-order valence-corrected chi connectivity index (χ0v) is 22.8. The number of nitrogens with zero attached hydrogens (tertiary/aromatic N) is 3. The minimum absolute atomic E-state index is 0. The summed E-state index contributed by atoms with van der Waals surface area (Å²) in [5.74, 6) is 1.73. The summed E-state index contributed by atoms with van der Waals surface area (Å²) in [6, 6.07) is 17.5. The molecule has 1 unspecified atom stereocenters. The van der Waals surface area contributed by atoms with Crippen molar-refractivity contribution < 1.29 is 4.74 Å². The molecule has 1 saturated heterocycles. The van der Waals surface area contributed by atoms with Crippen molar-refractivity contribution in [2.45, 2.75) is 38.9 Å². The van der Waals surface area contributed by atoms with Crippen molar-refractivity contribution in [3.8, 4) is 5.75 Å². The third kappa shape index (κ3) is 8.46. The molecule has 0 saturated carbocycles. The fraction of sp³-hybridized carbons (Fsp3) is 0.500. The van der Waals surface area contributed by atoms with E-state index in [1.54, 1.807) is 7.11 Å². The molecule has 0 spiro atoms. The van der Waals surface area contributed by atoms with Crippen LogP contribution in [-0.4, -0.2) is 63.1 Å². The van der Waals surface area contributed by atoms with Crippen LogP contribution in [0.5, 0.6) is 5.75 Å². The van der Waals surface area contributed by atoms with E-state index in [0.717, 1.165) is 51.0 Å². The largest absolute Gasteiger partial charge is 0.497 e. The third-order valence-corrected chi connectivity index (χ3v) is 6.19. The molecule has 6 nitrogen and oxygen atoms in total. The second kappa shape index (κ2) is 14.4. The quantitative estimate of drug-likeness (QED) is 0.256. The van der Waals surface area contributed by atoms with Crippen LogP contribution in [0.4, 0.5) is 0 Å². The van der Waals surface area contributed by atoms with Crippen molar-refractivity contribution in [3.05, 3.63) is 65.2 Å². The number of hydrogen-bond donors (Lipinski definition) is 2. The first-order valence-electron chi connectivity index (χ1n) is 11.7. The summed E-state index contributed by atoms with van der Waals surface area (Å²) >= 11 is 0. The number of hydrogen-bond acceptors (Lipinski definition) is 4. The smallest absolute Gasteiger partial charge is 0.191 e. The molecule has 2 aromatic carbocycles. The van der Waals surface area contributed by atoms with Crippen LogP contribution in [0.25, 0.3) is 0 Å². The van der Waals surface area contributed by atoms with Crippen molar-refractivity contribution in [1.29, 1.82) is 0 Å². The molecule has 0 amide bonds. The zero-order valence-electron chi connectivity index (χ0n) is 20.5. The van der Waals surface area contributed by atoms with Gasteiger partial charge in [-0.25, -0.2) is 0 Å². The van der Waals surface area contributed by atoms with Gasteiger partial charge in [0.25, 0.3) is 0 Å². The molecule has 3 rings (SSSR count). The molecular formula is C26H40IN5O. The Morgan fingerprint density at radius 3 is 2.52 bits per heavy atom. The first-order valence-corrected chi connectivity index (χ1v) is 11.7. The van der Waals surface area contributed by atoms with E-state index in [9.17, 15) is 0 Å². The fourth-order valence-electron chi connectivity index (χ4n) is 4.22. The number of ether oxygens (including phenoxy) is 1. The minimum atomic E-state index is 0. The molecular weight excluding hydrogens is 525 g/mol. The van der Waals surface area contributed by atoms with E-state index in [-0.39, 0.29) is 24.0 Å². The summed E-state index contributed by atoms with van der Waals surface area (Å²) in [6.45, 7) is 8.01. The lowest BCUT2D eigenvalue weighted by Gasteiger charge is -2.29. The number of nitrogens with one attached hydrogen (secondary N) is 2. The summed E-state index contributed by atoms with van der Waals surface area (Å²) in [6.07, 6.45) is 2.52. The molecule has 2 N–H and O–H groups in total. The fourth-order valence-corrected chi connectivity index (χ4v) is 4.22. The summed E-state index contributed by atoms with van der Waals surface area (Å²) < 4.78 is 5.46. The van der Waals surface area contributed by atoms with Crippen molar-refractivity contribution >= 4 is 29.9 Å².